The molecule has 27 heavy (non-hydrogen) atoms. The van der Waals surface area contributed by atoms with Crippen LogP contribution >= 0.6 is 23.4 Å². The minimum Gasteiger partial charge on any atom is -0.477 e. The van der Waals surface area contributed by atoms with Crippen LogP contribution in [0.2, 0.25) is 0 Å². The number of alkyl halides is 1. The molecule has 0 aromatic heterocycles. The second-order valence-electron chi connectivity index (χ2n) is 7.90. The maximum Gasteiger partial charge on any atom is 0.342 e. The molecular weight excluding hydrogens is 376 g/mol. The smallest absolute Gasteiger partial charge is 0.342 e. The van der Waals surface area contributed by atoms with Crippen molar-refractivity contribution in [2.24, 2.45) is 11.8 Å². The van der Waals surface area contributed by atoms with Gasteiger partial charge in [-0.1, -0.05) is 89.6 Å². The molecule has 0 amide bonds. The van der Waals surface area contributed by atoms with Gasteiger partial charge in [-0.25, -0.2) is 4.79 Å². The summed E-state index contributed by atoms with van der Waals surface area (Å²) in [5, 5.41) is 9.20. The average Bonchev–Trinajstić information content (AvgIpc) is 3.08. The Hall–Kier alpha value is -0.410. The minimum absolute atomic E-state index is 0.473. The van der Waals surface area contributed by atoms with Gasteiger partial charge in [-0.05, 0) is 48.8 Å². The highest BCUT2D eigenvalue weighted by Crippen LogP contribution is 2.34. The lowest BCUT2D eigenvalue weighted by Gasteiger charge is -2.16. The first-order valence-electron chi connectivity index (χ1n) is 10.9. The van der Waals surface area contributed by atoms with E-state index >= 15 is 0 Å². The maximum absolute atomic E-state index is 10.6. The highest BCUT2D eigenvalue weighted by molar-refractivity contribution is 8.07. The second-order valence-corrected chi connectivity index (χ2v) is 9.69. The average molecular weight is 415 g/mol. The highest BCUT2D eigenvalue weighted by Gasteiger charge is 2.23. The van der Waals surface area contributed by atoms with E-state index < -0.39 is 5.97 Å². The Bertz CT molecular complexity index is 487. The molecule has 3 unspecified atom stereocenters. The van der Waals surface area contributed by atoms with Gasteiger partial charge in [-0.3, -0.25) is 0 Å². The molecular formula is C23H39ClO2S. The summed E-state index contributed by atoms with van der Waals surface area (Å²) >= 11 is 7.53. The molecule has 2 nitrogen and oxygen atoms in total. The molecule has 4 heteroatoms. The van der Waals surface area contributed by atoms with Crippen LogP contribution in [0.5, 0.6) is 0 Å². The van der Waals surface area contributed by atoms with E-state index in [2.05, 4.69) is 26.8 Å². The van der Waals surface area contributed by atoms with E-state index in [4.69, 9.17) is 16.7 Å². The number of hydrogen-bond acceptors (Lipinski definition) is 2. The van der Waals surface area contributed by atoms with E-state index in [1.807, 2.05) is 0 Å². The van der Waals surface area contributed by atoms with E-state index in [-0.39, 0.29) is 0 Å². The SMILES string of the molecule is CCCC1=CCC=C(C(=O)O)S1.CCCCC(CC)CCC1CCC(Cl)C1. The summed E-state index contributed by atoms with van der Waals surface area (Å²) in [6.07, 6.45) is 19.1. The van der Waals surface area contributed by atoms with Crippen LogP contribution in [0.25, 0.3) is 0 Å². The minimum atomic E-state index is -0.804. The third-order valence-electron chi connectivity index (χ3n) is 5.60. The van der Waals surface area contributed by atoms with Gasteiger partial charge < -0.3 is 5.11 Å². The third-order valence-corrected chi connectivity index (χ3v) is 7.19. The van der Waals surface area contributed by atoms with Crippen LogP contribution in [0, 0.1) is 11.8 Å². The largest absolute Gasteiger partial charge is 0.477 e. The van der Waals surface area contributed by atoms with Crippen LogP contribution in [0.3, 0.4) is 0 Å². The van der Waals surface area contributed by atoms with Gasteiger partial charge in [0.05, 0.1) is 4.91 Å². The first kappa shape index (κ1) is 24.6. The lowest BCUT2D eigenvalue weighted by Crippen LogP contribution is -2.03. The number of thioether (sulfide) groups is 1. The Morgan fingerprint density at radius 2 is 2.00 bits per heavy atom. The first-order chi connectivity index (χ1) is 13.0. The number of unbranched alkanes of at least 4 members (excludes halogenated alkanes) is 1. The monoisotopic (exact) mass is 414 g/mol. The van der Waals surface area contributed by atoms with Crippen molar-refractivity contribution in [2.45, 2.75) is 103 Å². The molecule has 156 valence electrons. The van der Waals surface area contributed by atoms with Gasteiger partial charge >= 0.3 is 5.97 Å². The van der Waals surface area contributed by atoms with Crippen LogP contribution in [0.4, 0.5) is 0 Å². The number of rotatable bonds is 10. The van der Waals surface area contributed by atoms with Crippen molar-refractivity contribution in [1.82, 2.24) is 0 Å². The Balaban J connectivity index is 0.000000277. The molecule has 1 aliphatic heterocycles. The van der Waals surface area contributed by atoms with Gasteiger partial charge in [-0.2, -0.15) is 0 Å². The van der Waals surface area contributed by atoms with E-state index in [0.29, 0.717) is 10.3 Å². The molecule has 0 aromatic carbocycles. The van der Waals surface area contributed by atoms with Crippen molar-refractivity contribution in [2.75, 3.05) is 0 Å². The number of aliphatic carboxylic acids is 1. The van der Waals surface area contributed by atoms with Crippen molar-refractivity contribution in [3.63, 3.8) is 0 Å². The van der Waals surface area contributed by atoms with Crippen LogP contribution in [0.1, 0.15) is 97.8 Å². The van der Waals surface area contributed by atoms with Crippen molar-refractivity contribution in [1.29, 1.82) is 0 Å². The molecule has 1 heterocycles. The second kappa shape index (κ2) is 14.6. The van der Waals surface area contributed by atoms with Gasteiger partial charge in [0.25, 0.3) is 0 Å². The van der Waals surface area contributed by atoms with Gasteiger partial charge in [0, 0.05) is 5.38 Å². The zero-order valence-electron chi connectivity index (χ0n) is 17.5. The Kier molecular flexibility index (Phi) is 13.3. The van der Waals surface area contributed by atoms with Gasteiger partial charge in [0.15, 0.2) is 0 Å². The van der Waals surface area contributed by atoms with Crippen molar-refractivity contribution in [3.05, 3.63) is 22.0 Å². The summed E-state index contributed by atoms with van der Waals surface area (Å²) in [6.45, 7) is 6.74. The zero-order valence-corrected chi connectivity index (χ0v) is 19.1. The normalized spacial score (nSPS) is 23.1. The van der Waals surface area contributed by atoms with Crippen molar-refractivity contribution in [3.8, 4) is 0 Å². The molecule has 1 fully saturated rings. The Labute approximate surface area is 176 Å². The topological polar surface area (TPSA) is 37.3 Å². The maximum atomic E-state index is 10.6. The summed E-state index contributed by atoms with van der Waals surface area (Å²) in [5.41, 5.74) is 0. The van der Waals surface area contributed by atoms with Crippen LogP contribution in [-0.2, 0) is 4.79 Å². The number of allylic oxidation sites excluding steroid dienone is 3. The van der Waals surface area contributed by atoms with Gasteiger partial charge in [0.2, 0.25) is 0 Å². The number of carbonyl (C=O) groups is 1. The summed E-state index contributed by atoms with van der Waals surface area (Å²) in [4.78, 5) is 12.3. The predicted octanol–water partition coefficient (Wildman–Crippen LogP) is 8.17. The summed E-state index contributed by atoms with van der Waals surface area (Å²) in [6, 6.07) is 0. The van der Waals surface area contributed by atoms with E-state index in [1.165, 1.54) is 74.5 Å². The van der Waals surface area contributed by atoms with Crippen LogP contribution in [0.15, 0.2) is 22.0 Å². The lowest BCUT2D eigenvalue weighted by molar-refractivity contribution is -0.131. The summed E-state index contributed by atoms with van der Waals surface area (Å²) in [5.74, 6) is 1.13. The third kappa shape index (κ3) is 10.6. The molecule has 3 atom stereocenters. The quantitative estimate of drug-likeness (QED) is 0.366. The molecule has 0 spiro atoms. The molecule has 0 aromatic rings. The molecule has 1 aliphatic carbocycles. The van der Waals surface area contributed by atoms with Gasteiger partial charge in [-0.15, -0.1) is 11.6 Å². The molecule has 0 saturated heterocycles. The van der Waals surface area contributed by atoms with Crippen LogP contribution in [-0.4, -0.2) is 16.5 Å². The molecule has 2 rings (SSSR count). The predicted molar refractivity (Wildman–Crippen MR) is 120 cm³/mol. The Morgan fingerprint density at radius 3 is 2.56 bits per heavy atom. The summed E-state index contributed by atoms with van der Waals surface area (Å²) in [7, 11) is 0. The van der Waals surface area contributed by atoms with E-state index in [0.717, 1.165) is 31.1 Å². The summed E-state index contributed by atoms with van der Waals surface area (Å²) < 4.78 is 0. The van der Waals surface area contributed by atoms with Crippen LogP contribution < -0.4 is 0 Å². The molecule has 0 bridgehead atoms. The van der Waals surface area contributed by atoms with E-state index in [9.17, 15) is 4.79 Å². The number of hydrogen-bond donors (Lipinski definition) is 1. The van der Waals surface area contributed by atoms with Gasteiger partial charge in [0.1, 0.15) is 0 Å². The first-order valence-corrected chi connectivity index (χ1v) is 12.2. The Morgan fingerprint density at radius 1 is 1.22 bits per heavy atom. The van der Waals surface area contributed by atoms with E-state index in [1.54, 1.807) is 6.08 Å². The highest BCUT2D eigenvalue weighted by atomic mass is 35.5. The number of halogens is 1. The zero-order chi connectivity index (χ0) is 20.1. The van der Waals surface area contributed by atoms with Crippen molar-refractivity contribution < 1.29 is 9.90 Å². The standard InChI is InChI=1S/C14H27Cl.C9H12O2S/c1-3-5-6-12(4-2)7-8-13-9-10-14(15)11-13;1-2-4-7-5-3-6-8(12-7)9(10)11/h12-14H,3-11H2,1-2H3;5-6H,2-4H2,1H3,(H,10,11). The molecule has 0 radical (unpaired) electrons. The molecule has 1 N–H and O–H groups in total. The number of carboxylic acids is 1. The molecule has 1 saturated carbocycles. The lowest BCUT2D eigenvalue weighted by atomic mass is 9.90. The fourth-order valence-corrected chi connectivity index (χ4v) is 5.26. The molecule has 2 aliphatic rings. The van der Waals surface area contributed by atoms with Crippen molar-refractivity contribution >= 4 is 29.3 Å². The fraction of sp³-hybridized carbons (Fsp3) is 0.783. The number of carboxylic acid groups (broad SMARTS) is 1. The fourth-order valence-electron chi connectivity index (χ4n) is 3.85.